The van der Waals surface area contributed by atoms with Crippen molar-refractivity contribution in [2.45, 2.75) is 18.8 Å². The van der Waals surface area contributed by atoms with Crippen LogP contribution in [0.4, 0.5) is 14.5 Å². The van der Waals surface area contributed by atoms with Gasteiger partial charge in [0.15, 0.2) is 0 Å². The Kier molecular flexibility index (Phi) is 3.43. The van der Waals surface area contributed by atoms with E-state index in [2.05, 4.69) is 0 Å². The average Bonchev–Trinajstić information content (AvgIpc) is 2.27. The lowest BCUT2D eigenvalue weighted by atomic mass is 10.1. The zero-order chi connectivity index (χ0) is 12.5. The Morgan fingerprint density at radius 2 is 2.18 bits per heavy atom. The van der Waals surface area contributed by atoms with Gasteiger partial charge in [0, 0.05) is 18.7 Å². The molecule has 1 aliphatic heterocycles. The van der Waals surface area contributed by atoms with Gasteiger partial charge in [-0.3, -0.25) is 0 Å². The number of ether oxygens (including phenoxy) is 1. The molecule has 94 valence electrons. The van der Waals surface area contributed by atoms with Gasteiger partial charge in [-0.2, -0.15) is 0 Å². The molecule has 0 N–H and O–H groups in total. The van der Waals surface area contributed by atoms with Crippen LogP contribution in [0.1, 0.15) is 12.8 Å². The lowest BCUT2D eigenvalue weighted by Gasteiger charge is -2.34. The molecule has 0 saturated carbocycles. The summed E-state index contributed by atoms with van der Waals surface area (Å²) in [5.41, 5.74) is 0.718. The van der Waals surface area contributed by atoms with E-state index in [0.717, 1.165) is 5.69 Å². The zero-order valence-corrected chi connectivity index (χ0v) is 10.3. The number of hydrogen-bond donors (Lipinski definition) is 0. The SMILES string of the molecule is COc1ccc(N2CCCC(F)(F)C2)cc1Cl. The average molecular weight is 262 g/mol. The Bertz CT molecular complexity index is 411. The Balaban J connectivity index is 2.19. The second-order valence-electron chi connectivity index (χ2n) is 4.20. The maximum Gasteiger partial charge on any atom is 0.265 e. The first kappa shape index (κ1) is 12.4. The fourth-order valence-electron chi connectivity index (χ4n) is 2.04. The molecule has 1 aromatic rings. The molecule has 17 heavy (non-hydrogen) atoms. The minimum Gasteiger partial charge on any atom is -0.495 e. The van der Waals surface area contributed by atoms with Crippen molar-refractivity contribution in [3.63, 3.8) is 0 Å². The fraction of sp³-hybridized carbons (Fsp3) is 0.500. The van der Waals surface area contributed by atoms with Gasteiger partial charge in [0.1, 0.15) is 5.75 Å². The van der Waals surface area contributed by atoms with E-state index in [1.807, 2.05) is 0 Å². The number of rotatable bonds is 2. The molecule has 0 spiro atoms. The van der Waals surface area contributed by atoms with Gasteiger partial charge in [0.2, 0.25) is 0 Å². The summed E-state index contributed by atoms with van der Waals surface area (Å²) in [6, 6.07) is 5.12. The van der Waals surface area contributed by atoms with Crippen LogP contribution in [0.25, 0.3) is 0 Å². The van der Waals surface area contributed by atoms with Crippen LogP contribution in [0.2, 0.25) is 5.02 Å². The molecule has 1 aromatic carbocycles. The summed E-state index contributed by atoms with van der Waals surface area (Å²) in [6.45, 7) is 0.397. The molecule has 0 atom stereocenters. The van der Waals surface area contributed by atoms with E-state index in [1.165, 1.54) is 7.11 Å². The Labute approximate surface area is 104 Å². The molecule has 0 aromatic heterocycles. The maximum absolute atomic E-state index is 13.3. The molecule has 0 radical (unpaired) electrons. The standard InChI is InChI=1S/C12H14ClF2NO/c1-17-11-4-3-9(7-10(11)13)16-6-2-5-12(14,15)8-16/h3-4,7H,2,5-6,8H2,1H3. The van der Waals surface area contributed by atoms with E-state index in [1.54, 1.807) is 23.1 Å². The third-order valence-corrected chi connectivity index (χ3v) is 3.19. The van der Waals surface area contributed by atoms with E-state index in [-0.39, 0.29) is 13.0 Å². The number of nitrogens with zero attached hydrogens (tertiary/aromatic N) is 1. The predicted octanol–water partition coefficient (Wildman–Crippen LogP) is 3.58. The lowest BCUT2D eigenvalue weighted by molar-refractivity contribution is -0.0116. The quantitative estimate of drug-likeness (QED) is 0.807. The summed E-state index contributed by atoms with van der Waals surface area (Å²) in [6.07, 6.45) is 0.462. The Morgan fingerprint density at radius 3 is 2.76 bits per heavy atom. The topological polar surface area (TPSA) is 12.5 Å². The monoisotopic (exact) mass is 261 g/mol. The highest BCUT2D eigenvalue weighted by Crippen LogP contribution is 2.33. The van der Waals surface area contributed by atoms with E-state index in [0.29, 0.717) is 23.7 Å². The second-order valence-corrected chi connectivity index (χ2v) is 4.61. The van der Waals surface area contributed by atoms with E-state index < -0.39 is 5.92 Å². The molecule has 0 bridgehead atoms. The summed E-state index contributed by atoms with van der Waals surface area (Å²) < 4.78 is 31.6. The number of alkyl halides is 2. The molecule has 1 fully saturated rings. The third kappa shape index (κ3) is 2.80. The molecule has 0 aliphatic carbocycles. The van der Waals surface area contributed by atoms with Crippen LogP contribution in [0.5, 0.6) is 5.75 Å². The smallest absolute Gasteiger partial charge is 0.265 e. The van der Waals surface area contributed by atoms with Crippen LogP contribution in [0.15, 0.2) is 18.2 Å². The van der Waals surface area contributed by atoms with E-state index >= 15 is 0 Å². The fourth-order valence-corrected chi connectivity index (χ4v) is 2.29. The molecule has 1 saturated heterocycles. The summed E-state index contributed by atoms with van der Waals surface area (Å²) in [7, 11) is 1.52. The molecular weight excluding hydrogens is 248 g/mol. The first-order valence-electron chi connectivity index (χ1n) is 5.48. The molecule has 0 amide bonds. The van der Waals surface area contributed by atoms with Gasteiger partial charge in [-0.15, -0.1) is 0 Å². The third-order valence-electron chi connectivity index (χ3n) is 2.89. The van der Waals surface area contributed by atoms with Gasteiger partial charge >= 0.3 is 0 Å². The van der Waals surface area contributed by atoms with Crippen LogP contribution < -0.4 is 9.64 Å². The van der Waals surface area contributed by atoms with Gasteiger partial charge in [0.25, 0.3) is 5.92 Å². The molecule has 5 heteroatoms. The lowest BCUT2D eigenvalue weighted by Crippen LogP contribution is -2.42. The Morgan fingerprint density at radius 1 is 1.41 bits per heavy atom. The Hall–Kier alpha value is -1.03. The molecular formula is C12H14ClF2NO. The molecule has 1 heterocycles. The second kappa shape index (κ2) is 4.69. The summed E-state index contributed by atoms with van der Waals surface area (Å²) in [4.78, 5) is 1.66. The molecule has 0 unspecified atom stereocenters. The van der Waals surface area contributed by atoms with Crippen molar-refractivity contribution in [3.05, 3.63) is 23.2 Å². The van der Waals surface area contributed by atoms with E-state index in [9.17, 15) is 8.78 Å². The summed E-state index contributed by atoms with van der Waals surface area (Å²) in [5, 5.41) is 0.443. The van der Waals surface area contributed by atoms with Crippen molar-refractivity contribution in [2.24, 2.45) is 0 Å². The predicted molar refractivity (Wildman–Crippen MR) is 64.4 cm³/mol. The highest BCUT2D eigenvalue weighted by molar-refractivity contribution is 6.32. The van der Waals surface area contributed by atoms with Crippen molar-refractivity contribution in [1.29, 1.82) is 0 Å². The van der Waals surface area contributed by atoms with Gasteiger partial charge in [-0.05, 0) is 24.6 Å². The minimum absolute atomic E-state index is 0.0343. The van der Waals surface area contributed by atoms with Crippen LogP contribution in [-0.2, 0) is 0 Å². The van der Waals surface area contributed by atoms with Crippen molar-refractivity contribution in [2.75, 3.05) is 25.1 Å². The van der Waals surface area contributed by atoms with Crippen LogP contribution >= 0.6 is 11.6 Å². The van der Waals surface area contributed by atoms with Crippen LogP contribution in [0.3, 0.4) is 0 Å². The number of methoxy groups -OCH3 is 1. The van der Waals surface area contributed by atoms with Crippen molar-refractivity contribution < 1.29 is 13.5 Å². The van der Waals surface area contributed by atoms with Gasteiger partial charge in [-0.25, -0.2) is 8.78 Å². The largest absolute Gasteiger partial charge is 0.495 e. The van der Waals surface area contributed by atoms with Gasteiger partial charge < -0.3 is 9.64 Å². The van der Waals surface area contributed by atoms with Gasteiger partial charge in [-0.1, -0.05) is 11.6 Å². The normalized spacial score (nSPS) is 19.2. The van der Waals surface area contributed by atoms with Crippen molar-refractivity contribution in [1.82, 2.24) is 0 Å². The highest BCUT2D eigenvalue weighted by Gasteiger charge is 2.35. The first-order chi connectivity index (χ1) is 8.02. The maximum atomic E-state index is 13.3. The first-order valence-corrected chi connectivity index (χ1v) is 5.86. The summed E-state index contributed by atoms with van der Waals surface area (Å²) in [5.74, 6) is -2.05. The number of hydrogen-bond acceptors (Lipinski definition) is 2. The summed E-state index contributed by atoms with van der Waals surface area (Å²) >= 11 is 5.98. The van der Waals surface area contributed by atoms with Crippen molar-refractivity contribution >= 4 is 17.3 Å². The number of piperidine rings is 1. The number of benzene rings is 1. The van der Waals surface area contributed by atoms with E-state index in [4.69, 9.17) is 16.3 Å². The molecule has 2 nitrogen and oxygen atoms in total. The molecule has 1 aliphatic rings. The minimum atomic E-state index is -2.61. The zero-order valence-electron chi connectivity index (χ0n) is 9.55. The highest BCUT2D eigenvalue weighted by atomic mass is 35.5. The van der Waals surface area contributed by atoms with Crippen LogP contribution in [0, 0.1) is 0 Å². The van der Waals surface area contributed by atoms with Crippen molar-refractivity contribution in [3.8, 4) is 5.75 Å². The van der Waals surface area contributed by atoms with Gasteiger partial charge in [0.05, 0.1) is 18.7 Å². The number of halogens is 3. The molecule has 2 rings (SSSR count). The van der Waals surface area contributed by atoms with Crippen LogP contribution in [-0.4, -0.2) is 26.1 Å². The number of anilines is 1.